The van der Waals surface area contributed by atoms with Crippen LogP contribution in [0.25, 0.3) is 27.4 Å². The van der Waals surface area contributed by atoms with Gasteiger partial charge in [-0.1, -0.05) is 23.9 Å². The first kappa shape index (κ1) is 26.7. The maximum Gasteiger partial charge on any atom is 0.236 e. The van der Waals surface area contributed by atoms with Gasteiger partial charge in [-0.2, -0.15) is 5.26 Å². The van der Waals surface area contributed by atoms with Crippen molar-refractivity contribution in [3.05, 3.63) is 82.8 Å². The minimum absolute atomic E-state index is 0.0164. The Morgan fingerprint density at radius 1 is 1.16 bits per heavy atom. The van der Waals surface area contributed by atoms with Gasteiger partial charge in [-0.15, -0.1) is 0 Å². The number of rotatable bonds is 8. The van der Waals surface area contributed by atoms with Crippen LogP contribution in [0.2, 0.25) is 0 Å². The molecule has 0 fully saturated rings. The number of anilines is 1. The molecule has 0 amide bonds. The zero-order chi connectivity index (χ0) is 27.4. The molecule has 0 saturated carbocycles. The average molecular weight is 530 g/mol. The highest BCUT2D eigenvalue weighted by atomic mass is 32.2. The Labute approximate surface area is 223 Å². The van der Waals surface area contributed by atoms with Gasteiger partial charge in [0.2, 0.25) is 11.6 Å². The lowest BCUT2D eigenvalue weighted by molar-refractivity contribution is 0.0285. The molecule has 0 spiro atoms. The molecular formula is C28H24FN5O3S. The Hall–Kier alpha value is -4.38. The number of hydrogen-bond acceptors (Lipinski definition) is 8. The van der Waals surface area contributed by atoms with E-state index in [1.807, 2.05) is 0 Å². The third-order valence-electron chi connectivity index (χ3n) is 5.45. The number of nitrogens with two attached hydrogens (primary N) is 1. The van der Waals surface area contributed by atoms with Crippen molar-refractivity contribution in [1.82, 2.24) is 9.97 Å². The van der Waals surface area contributed by atoms with E-state index >= 15 is 0 Å². The molecule has 192 valence electrons. The molecular weight excluding hydrogens is 505 g/mol. The molecule has 0 aliphatic carbocycles. The first-order valence-electron chi connectivity index (χ1n) is 11.5. The number of nitrogen functional groups attached to an aromatic ring is 1. The van der Waals surface area contributed by atoms with Gasteiger partial charge in [0.15, 0.2) is 0 Å². The van der Waals surface area contributed by atoms with Gasteiger partial charge >= 0.3 is 0 Å². The Morgan fingerprint density at radius 2 is 1.82 bits per heavy atom. The first-order chi connectivity index (χ1) is 18.1. The largest absolute Gasteiger partial charge is 0.491 e. The van der Waals surface area contributed by atoms with E-state index in [0.717, 1.165) is 0 Å². The number of aliphatic hydroxyl groups is 1. The van der Waals surface area contributed by atoms with Crippen LogP contribution in [0.5, 0.6) is 5.75 Å². The van der Waals surface area contributed by atoms with Gasteiger partial charge in [-0.05, 0) is 62.7 Å². The normalized spacial score (nSPS) is 11.1. The summed E-state index contributed by atoms with van der Waals surface area (Å²) in [4.78, 5) is 12.4. The smallest absolute Gasteiger partial charge is 0.236 e. The van der Waals surface area contributed by atoms with Gasteiger partial charge in [0.25, 0.3) is 0 Å². The maximum absolute atomic E-state index is 13.3. The SMILES string of the molecule is [C-]#[N+]c1c(N)nc(SCc2nc(-c3ccc(F)cc3)oc2C)c(C#N)c1-c1ccc(OCC(C)(C)O)cc1. The number of nitriles is 1. The summed E-state index contributed by atoms with van der Waals surface area (Å²) in [5.41, 5.74) is 7.75. The minimum atomic E-state index is -0.989. The molecule has 0 unspecified atom stereocenters. The van der Waals surface area contributed by atoms with Crippen LogP contribution in [0.3, 0.4) is 0 Å². The summed E-state index contributed by atoms with van der Waals surface area (Å²) in [5, 5.41) is 20.3. The monoisotopic (exact) mass is 529 g/mol. The summed E-state index contributed by atoms with van der Waals surface area (Å²) in [6.07, 6.45) is 0. The molecule has 0 bridgehead atoms. The van der Waals surface area contributed by atoms with Gasteiger partial charge in [-0.3, -0.25) is 0 Å². The average Bonchev–Trinajstić information content (AvgIpc) is 3.26. The van der Waals surface area contributed by atoms with Crippen LogP contribution in [-0.4, -0.2) is 27.3 Å². The van der Waals surface area contributed by atoms with Gasteiger partial charge < -0.3 is 20.0 Å². The number of nitrogens with zero attached hydrogens (tertiary/aromatic N) is 4. The van der Waals surface area contributed by atoms with Gasteiger partial charge in [-0.25, -0.2) is 19.2 Å². The number of hydrogen-bond donors (Lipinski definition) is 2. The van der Waals surface area contributed by atoms with Crippen LogP contribution in [0.1, 0.15) is 30.9 Å². The number of halogens is 1. The zero-order valence-corrected chi connectivity index (χ0v) is 21.8. The number of pyridine rings is 1. The fourth-order valence-corrected chi connectivity index (χ4v) is 4.56. The van der Waals surface area contributed by atoms with E-state index in [0.29, 0.717) is 50.6 Å². The van der Waals surface area contributed by atoms with Crippen LogP contribution in [0, 0.1) is 30.6 Å². The lowest BCUT2D eigenvalue weighted by atomic mass is 10.00. The second-order valence-corrected chi connectivity index (χ2v) is 10.0. The van der Waals surface area contributed by atoms with E-state index < -0.39 is 5.60 Å². The molecule has 0 aliphatic heterocycles. The number of ether oxygens (including phenoxy) is 1. The quantitative estimate of drug-likeness (QED) is 0.201. The number of oxazole rings is 1. The van der Waals surface area contributed by atoms with Crippen molar-refractivity contribution < 1.29 is 18.7 Å². The molecule has 2 aromatic carbocycles. The minimum Gasteiger partial charge on any atom is -0.491 e. The molecule has 0 saturated heterocycles. The van der Waals surface area contributed by atoms with Crippen molar-refractivity contribution >= 4 is 23.3 Å². The molecule has 4 rings (SSSR count). The predicted molar refractivity (Wildman–Crippen MR) is 143 cm³/mol. The highest BCUT2D eigenvalue weighted by Crippen LogP contribution is 2.42. The second kappa shape index (κ2) is 10.9. The van der Waals surface area contributed by atoms with Crippen LogP contribution in [0.4, 0.5) is 15.9 Å². The van der Waals surface area contributed by atoms with E-state index in [4.69, 9.17) is 21.5 Å². The van der Waals surface area contributed by atoms with E-state index in [1.165, 1.54) is 23.9 Å². The van der Waals surface area contributed by atoms with Crippen molar-refractivity contribution in [3.63, 3.8) is 0 Å². The van der Waals surface area contributed by atoms with Gasteiger partial charge in [0.05, 0.1) is 23.4 Å². The first-order valence-corrected chi connectivity index (χ1v) is 12.5. The highest BCUT2D eigenvalue weighted by molar-refractivity contribution is 7.98. The molecule has 2 heterocycles. The van der Waals surface area contributed by atoms with Crippen LogP contribution < -0.4 is 10.5 Å². The summed E-state index contributed by atoms with van der Waals surface area (Å²) < 4.78 is 24.6. The number of aromatic nitrogens is 2. The predicted octanol–water partition coefficient (Wildman–Crippen LogP) is 6.30. The number of aryl methyl sites for hydroxylation is 1. The van der Waals surface area contributed by atoms with E-state index in [9.17, 15) is 14.8 Å². The fraction of sp³-hybridized carbons (Fsp3) is 0.214. The van der Waals surface area contributed by atoms with Crippen molar-refractivity contribution in [2.24, 2.45) is 0 Å². The van der Waals surface area contributed by atoms with Crippen molar-refractivity contribution in [1.29, 1.82) is 5.26 Å². The molecule has 10 heteroatoms. The molecule has 3 N–H and O–H groups in total. The summed E-state index contributed by atoms with van der Waals surface area (Å²) in [5.74, 6) is 1.48. The topological polar surface area (TPSA) is 123 Å². The molecule has 0 aliphatic rings. The molecule has 0 atom stereocenters. The van der Waals surface area contributed by atoms with Crippen molar-refractivity contribution in [2.75, 3.05) is 12.3 Å². The molecule has 2 aromatic heterocycles. The third-order valence-corrected chi connectivity index (χ3v) is 6.44. The summed E-state index contributed by atoms with van der Waals surface area (Å²) in [6, 6.07) is 14.9. The number of thioether (sulfide) groups is 1. The Balaban J connectivity index is 1.64. The number of benzene rings is 2. The molecule has 38 heavy (non-hydrogen) atoms. The van der Waals surface area contributed by atoms with Gasteiger partial charge in [0, 0.05) is 16.9 Å². The van der Waals surface area contributed by atoms with Crippen molar-refractivity contribution in [2.45, 2.75) is 37.2 Å². The Morgan fingerprint density at radius 3 is 2.42 bits per heavy atom. The zero-order valence-electron chi connectivity index (χ0n) is 20.9. The Bertz CT molecular complexity index is 1550. The fourth-order valence-electron chi connectivity index (χ4n) is 3.57. The molecule has 8 nitrogen and oxygen atoms in total. The molecule has 4 aromatic rings. The summed E-state index contributed by atoms with van der Waals surface area (Å²) in [6.45, 7) is 12.8. The van der Waals surface area contributed by atoms with Crippen LogP contribution in [0.15, 0.2) is 58.0 Å². The van der Waals surface area contributed by atoms with Crippen LogP contribution in [-0.2, 0) is 5.75 Å². The van der Waals surface area contributed by atoms with E-state index in [2.05, 4.69) is 20.9 Å². The standard InChI is InChI=1S/C28H24FN5O3S/c1-16-22(33-26(37-16)18-5-9-19(29)10-6-18)14-38-27-21(13-30)23(24(32-4)25(31)34-27)17-7-11-20(12-8-17)36-15-28(2,3)35/h5-12,35H,14-15H2,1-3H3,(H2,31,34). The lowest BCUT2D eigenvalue weighted by Gasteiger charge is -2.18. The van der Waals surface area contributed by atoms with E-state index in [-0.39, 0.29) is 29.5 Å². The third kappa shape index (κ3) is 5.94. The maximum atomic E-state index is 13.3. The van der Waals surface area contributed by atoms with E-state index in [1.54, 1.807) is 57.2 Å². The molecule has 0 radical (unpaired) electrons. The summed E-state index contributed by atoms with van der Waals surface area (Å²) >= 11 is 1.25. The van der Waals surface area contributed by atoms with Gasteiger partial charge in [0.1, 0.15) is 40.8 Å². The summed E-state index contributed by atoms with van der Waals surface area (Å²) in [7, 11) is 0. The Kier molecular flexibility index (Phi) is 7.67. The van der Waals surface area contributed by atoms with Crippen LogP contribution >= 0.6 is 11.8 Å². The lowest BCUT2D eigenvalue weighted by Crippen LogP contribution is -2.27. The highest BCUT2D eigenvalue weighted by Gasteiger charge is 2.22. The van der Waals surface area contributed by atoms with Crippen molar-refractivity contribution in [3.8, 4) is 34.4 Å². The second-order valence-electron chi connectivity index (χ2n) is 9.07.